The second-order valence-corrected chi connectivity index (χ2v) is 11.4. The Hall–Kier alpha value is -5.08. The average Bonchev–Trinajstić information content (AvgIpc) is 3.26. The van der Waals surface area contributed by atoms with Gasteiger partial charge in [-0.25, -0.2) is 9.97 Å². The van der Waals surface area contributed by atoms with E-state index < -0.39 is 0 Å². The van der Waals surface area contributed by atoms with Gasteiger partial charge in [0, 0.05) is 23.4 Å². The number of aromatic nitrogens is 2. The van der Waals surface area contributed by atoms with Crippen molar-refractivity contribution in [2.75, 3.05) is 0 Å². The van der Waals surface area contributed by atoms with Crippen molar-refractivity contribution in [2.45, 2.75) is 19.3 Å². The molecule has 0 saturated carbocycles. The number of rotatable bonds is 3. The minimum atomic E-state index is -0.0242. The standard InChI is InChI=1S/C39H28N2/c1-39(2)34-16-9-8-13-28(34)32-24-27(18-20-35(32)39)36-29-14-6-7-15-30(29)37(38-40-21-10-22-41-38)31-19-17-26(23-33(31)36)25-11-4-3-5-12-25/h3-24H,1-2H3. The van der Waals surface area contributed by atoms with E-state index in [0.29, 0.717) is 0 Å². The van der Waals surface area contributed by atoms with Gasteiger partial charge in [0.05, 0.1) is 0 Å². The Morgan fingerprint density at radius 1 is 0.439 bits per heavy atom. The van der Waals surface area contributed by atoms with Gasteiger partial charge in [-0.1, -0.05) is 117 Å². The van der Waals surface area contributed by atoms with Crippen LogP contribution in [0, 0.1) is 0 Å². The smallest absolute Gasteiger partial charge is 0.160 e. The largest absolute Gasteiger partial charge is 0.237 e. The molecule has 1 heterocycles. The predicted octanol–water partition coefficient (Wildman–Crippen LogP) is 10.1. The normalized spacial score (nSPS) is 13.3. The summed E-state index contributed by atoms with van der Waals surface area (Å²) >= 11 is 0. The van der Waals surface area contributed by atoms with E-state index in [1.54, 1.807) is 0 Å². The zero-order valence-corrected chi connectivity index (χ0v) is 23.1. The summed E-state index contributed by atoms with van der Waals surface area (Å²) in [6.45, 7) is 4.67. The molecule has 0 radical (unpaired) electrons. The second kappa shape index (κ2) is 8.97. The molecule has 2 heteroatoms. The maximum absolute atomic E-state index is 4.71. The van der Waals surface area contributed by atoms with E-state index >= 15 is 0 Å². The third kappa shape index (κ3) is 3.57. The minimum absolute atomic E-state index is 0.0242. The van der Waals surface area contributed by atoms with E-state index in [-0.39, 0.29) is 5.41 Å². The van der Waals surface area contributed by atoms with Crippen LogP contribution in [0.2, 0.25) is 0 Å². The Kier molecular flexibility index (Phi) is 5.20. The first kappa shape index (κ1) is 23.8. The lowest BCUT2D eigenvalue weighted by Gasteiger charge is -2.22. The van der Waals surface area contributed by atoms with Crippen LogP contribution in [0.5, 0.6) is 0 Å². The topological polar surface area (TPSA) is 25.8 Å². The van der Waals surface area contributed by atoms with Gasteiger partial charge in [0.25, 0.3) is 0 Å². The molecule has 0 unspecified atom stereocenters. The molecule has 0 spiro atoms. The van der Waals surface area contributed by atoms with Crippen LogP contribution in [0.15, 0.2) is 134 Å². The van der Waals surface area contributed by atoms with Crippen molar-refractivity contribution < 1.29 is 0 Å². The van der Waals surface area contributed by atoms with Crippen LogP contribution in [0.3, 0.4) is 0 Å². The van der Waals surface area contributed by atoms with Crippen LogP contribution in [-0.2, 0) is 5.41 Å². The Morgan fingerprint density at radius 2 is 1.07 bits per heavy atom. The van der Waals surface area contributed by atoms with Crippen molar-refractivity contribution in [3.63, 3.8) is 0 Å². The van der Waals surface area contributed by atoms with Crippen LogP contribution in [0.1, 0.15) is 25.0 Å². The first-order chi connectivity index (χ1) is 20.1. The van der Waals surface area contributed by atoms with Gasteiger partial charge in [-0.15, -0.1) is 0 Å². The van der Waals surface area contributed by atoms with Crippen LogP contribution < -0.4 is 0 Å². The molecule has 2 nitrogen and oxygen atoms in total. The lowest BCUT2D eigenvalue weighted by molar-refractivity contribution is 0.660. The highest BCUT2D eigenvalue weighted by atomic mass is 14.9. The van der Waals surface area contributed by atoms with Crippen molar-refractivity contribution in [3.8, 4) is 44.8 Å². The summed E-state index contributed by atoms with van der Waals surface area (Å²) in [7, 11) is 0. The molecule has 194 valence electrons. The van der Waals surface area contributed by atoms with Gasteiger partial charge in [-0.2, -0.15) is 0 Å². The van der Waals surface area contributed by atoms with Crippen molar-refractivity contribution in [1.82, 2.24) is 9.97 Å². The number of nitrogens with zero attached hydrogens (tertiary/aromatic N) is 2. The molecule has 1 aromatic heterocycles. The fraction of sp³-hybridized carbons (Fsp3) is 0.0769. The maximum atomic E-state index is 4.71. The predicted molar refractivity (Wildman–Crippen MR) is 171 cm³/mol. The number of fused-ring (bicyclic) bond motifs is 5. The molecular formula is C39H28N2. The van der Waals surface area contributed by atoms with E-state index in [4.69, 9.17) is 9.97 Å². The molecule has 41 heavy (non-hydrogen) atoms. The lowest BCUT2D eigenvalue weighted by Crippen LogP contribution is -2.14. The highest BCUT2D eigenvalue weighted by Crippen LogP contribution is 2.51. The van der Waals surface area contributed by atoms with Gasteiger partial charge >= 0.3 is 0 Å². The molecular weight excluding hydrogens is 496 g/mol. The Bertz CT molecular complexity index is 2110. The molecule has 7 aromatic rings. The first-order valence-corrected chi connectivity index (χ1v) is 14.2. The fourth-order valence-electron chi connectivity index (χ4n) is 6.84. The zero-order chi connectivity index (χ0) is 27.6. The average molecular weight is 525 g/mol. The van der Waals surface area contributed by atoms with Crippen LogP contribution in [0.4, 0.5) is 0 Å². The highest BCUT2D eigenvalue weighted by Gasteiger charge is 2.35. The van der Waals surface area contributed by atoms with Crippen molar-refractivity contribution in [1.29, 1.82) is 0 Å². The summed E-state index contributed by atoms with van der Waals surface area (Å²) in [5.41, 5.74) is 11.4. The Labute approximate surface area is 240 Å². The molecule has 0 bridgehead atoms. The van der Waals surface area contributed by atoms with E-state index in [2.05, 4.69) is 129 Å². The molecule has 0 aliphatic heterocycles. The third-order valence-electron chi connectivity index (χ3n) is 8.79. The summed E-state index contributed by atoms with van der Waals surface area (Å²) in [4.78, 5) is 9.42. The maximum Gasteiger partial charge on any atom is 0.160 e. The monoisotopic (exact) mass is 524 g/mol. The zero-order valence-electron chi connectivity index (χ0n) is 23.1. The molecule has 0 fully saturated rings. The number of hydrogen-bond acceptors (Lipinski definition) is 2. The summed E-state index contributed by atoms with van der Waals surface area (Å²) < 4.78 is 0. The van der Waals surface area contributed by atoms with Crippen LogP contribution >= 0.6 is 0 Å². The summed E-state index contributed by atoms with van der Waals surface area (Å²) in [6, 6.07) is 44.0. The minimum Gasteiger partial charge on any atom is -0.237 e. The van der Waals surface area contributed by atoms with Crippen LogP contribution in [-0.4, -0.2) is 9.97 Å². The quantitative estimate of drug-likeness (QED) is 0.215. The SMILES string of the molecule is CC1(C)c2ccccc2-c2cc(-c3c4ccccc4c(-c4ncccn4)c4ccc(-c5ccccc5)cc34)ccc21. The van der Waals surface area contributed by atoms with Crippen molar-refractivity contribution >= 4 is 21.5 Å². The molecule has 6 aromatic carbocycles. The van der Waals surface area contributed by atoms with Gasteiger partial charge in [0.2, 0.25) is 0 Å². The van der Waals surface area contributed by atoms with Gasteiger partial charge in [0.15, 0.2) is 5.82 Å². The molecule has 0 amide bonds. The number of hydrogen-bond donors (Lipinski definition) is 0. The fourth-order valence-corrected chi connectivity index (χ4v) is 6.84. The van der Waals surface area contributed by atoms with Gasteiger partial charge in [-0.3, -0.25) is 0 Å². The molecule has 0 N–H and O–H groups in total. The third-order valence-corrected chi connectivity index (χ3v) is 8.79. The molecule has 0 atom stereocenters. The van der Waals surface area contributed by atoms with E-state index in [1.807, 2.05) is 18.5 Å². The first-order valence-electron chi connectivity index (χ1n) is 14.2. The van der Waals surface area contributed by atoms with Gasteiger partial charge < -0.3 is 0 Å². The summed E-state index contributed by atoms with van der Waals surface area (Å²) in [5, 5.41) is 4.73. The van der Waals surface area contributed by atoms with Crippen molar-refractivity contribution in [3.05, 3.63) is 145 Å². The Balaban J connectivity index is 1.49. The molecule has 8 rings (SSSR count). The summed E-state index contributed by atoms with van der Waals surface area (Å²) in [6.07, 6.45) is 3.66. The summed E-state index contributed by atoms with van der Waals surface area (Å²) in [5.74, 6) is 0.748. The molecule has 1 aliphatic rings. The van der Waals surface area contributed by atoms with E-state index in [1.165, 1.54) is 55.3 Å². The van der Waals surface area contributed by atoms with E-state index in [9.17, 15) is 0 Å². The Morgan fingerprint density at radius 3 is 1.88 bits per heavy atom. The van der Waals surface area contributed by atoms with Gasteiger partial charge in [0.1, 0.15) is 0 Å². The van der Waals surface area contributed by atoms with E-state index in [0.717, 1.165) is 22.2 Å². The lowest BCUT2D eigenvalue weighted by atomic mass is 9.81. The second-order valence-electron chi connectivity index (χ2n) is 11.4. The van der Waals surface area contributed by atoms with Crippen molar-refractivity contribution in [2.24, 2.45) is 0 Å². The number of benzene rings is 6. The van der Waals surface area contributed by atoms with Gasteiger partial charge in [-0.05, 0) is 84.3 Å². The molecule has 0 saturated heterocycles. The van der Waals surface area contributed by atoms with Crippen LogP contribution in [0.25, 0.3) is 66.3 Å². The molecule has 1 aliphatic carbocycles. The highest BCUT2D eigenvalue weighted by molar-refractivity contribution is 6.21.